The van der Waals surface area contributed by atoms with Gasteiger partial charge >= 0.3 is 0 Å². The summed E-state index contributed by atoms with van der Waals surface area (Å²) in [6, 6.07) is 6.92. The lowest BCUT2D eigenvalue weighted by atomic mass is 9.72. The Balaban J connectivity index is 1.91. The molecule has 0 aliphatic heterocycles. The molecule has 5 nitrogen and oxygen atoms in total. The molecule has 0 saturated heterocycles. The average molecular weight is 387 g/mol. The fourth-order valence-electron chi connectivity index (χ4n) is 3.61. The molecule has 3 rings (SSSR count). The van der Waals surface area contributed by atoms with Gasteiger partial charge in [0.2, 0.25) is 0 Å². The summed E-state index contributed by atoms with van der Waals surface area (Å²) in [6.45, 7) is 6.74. The maximum atomic E-state index is 12.7. The van der Waals surface area contributed by atoms with Gasteiger partial charge in [0.1, 0.15) is 10.8 Å². The molecule has 6 heteroatoms. The Bertz CT molecular complexity index is 880. The van der Waals surface area contributed by atoms with Crippen molar-refractivity contribution >= 4 is 28.2 Å². The Morgan fingerprint density at radius 3 is 2.67 bits per heavy atom. The molecule has 2 amide bonds. The fourth-order valence-corrected chi connectivity index (χ4v) is 4.94. The van der Waals surface area contributed by atoms with E-state index in [2.05, 4.69) is 26.1 Å². The van der Waals surface area contributed by atoms with Gasteiger partial charge in [-0.15, -0.1) is 11.3 Å². The summed E-state index contributed by atoms with van der Waals surface area (Å²) in [7, 11) is 1.56. The van der Waals surface area contributed by atoms with Crippen LogP contribution in [-0.2, 0) is 12.8 Å². The van der Waals surface area contributed by atoms with E-state index in [-0.39, 0.29) is 11.3 Å². The second-order valence-corrected chi connectivity index (χ2v) is 9.17. The van der Waals surface area contributed by atoms with Crippen molar-refractivity contribution < 1.29 is 14.3 Å². The molecule has 1 aliphatic rings. The molecule has 1 aromatic carbocycles. The standard InChI is InChI=1S/C21H26N2O3S/c1-21(2,3)13-8-9-15-16(11-13)27-20(17(15)18(22)24)23-19(25)12-6-5-7-14(10-12)26-4/h5-7,10,13H,8-9,11H2,1-4H3,(H2,22,24)(H,23,25)/t13-/m0/s1. The highest BCUT2D eigenvalue weighted by atomic mass is 32.1. The third kappa shape index (κ3) is 4.00. The number of thiophene rings is 1. The molecule has 0 bridgehead atoms. The third-order valence-electron chi connectivity index (χ3n) is 5.30. The number of anilines is 1. The van der Waals surface area contributed by atoms with E-state index in [4.69, 9.17) is 10.5 Å². The van der Waals surface area contributed by atoms with E-state index in [1.54, 1.807) is 31.4 Å². The van der Waals surface area contributed by atoms with Crippen LogP contribution in [0.15, 0.2) is 24.3 Å². The second kappa shape index (κ2) is 7.35. The van der Waals surface area contributed by atoms with Crippen molar-refractivity contribution in [1.82, 2.24) is 0 Å². The Kier molecular flexibility index (Phi) is 5.29. The van der Waals surface area contributed by atoms with Crippen LogP contribution in [0.4, 0.5) is 5.00 Å². The smallest absolute Gasteiger partial charge is 0.256 e. The predicted octanol–water partition coefficient (Wildman–Crippen LogP) is 4.26. The average Bonchev–Trinajstić information content (AvgIpc) is 2.98. The van der Waals surface area contributed by atoms with Crippen LogP contribution in [0.3, 0.4) is 0 Å². The molecule has 2 aromatic rings. The first-order chi connectivity index (χ1) is 12.7. The molecule has 0 unspecified atom stereocenters. The van der Waals surface area contributed by atoms with E-state index in [9.17, 15) is 9.59 Å². The molecule has 1 heterocycles. The van der Waals surface area contributed by atoms with Gasteiger partial charge in [-0.1, -0.05) is 26.8 Å². The molecular weight excluding hydrogens is 360 g/mol. The number of nitrogens with two attached hydrogens (primary N) is 1. The number of amides is 2. The van der Waals surface area contributed by atoms with Gasteiger partial charge in [-0.25, -0.2) is 0 Å². The van der Waals surface area contributed by atoms with Crippen LogP contribution in [0.5, 0.6) is 5.75 Å². The first-order valence-electron chi connectivity index (χ1n) is 9.10. The van der Waals surface area contributed by atoms with Gasteiger partial charge < -0.3 is 15.8 Å². The number of hydrogen-bond acceptors (Lipinski definition) is 4. The number of hydrogen-bond donors (Lipinski definition) is 2. The van der Waals surface area contributed by atoms with Crippen molar-refractivity contribution in [3.63, 3.8) is 0 Å². The highest BCUT2D eigenvalue weighted by molar-refractivity contribution is 7.17. The number of benzene rings is 1. The van der Waals surface area contributed by atoms with Gasteiger partial charge in [-0.05, 0) is 54.4 Å². The Labute approximate surface area is 163 Å². The monoisotopic (exact) mass is 386 g/mol. The van der Waals surface area contributed by atoms with Crippen LogP contribution in [-0.4, -0.2) is 18.9 Å². The van der Waals surface area contributed by atoms with Crippen molar-refractivity contribution in [2.45, 2.75) is 40.0 Å². The molecule has 1 atom stereocenters. The highest BCUT2D eigenvalue weighted by Crippen LogP contribution is 2.44. The number of rotatable bonds is 4. The minimum atomic E-state index is -0.484. The van der Waals surface area contributed by atoms with E-state index in [0.717, 1.165) is 29.7 Å². The zero-order valence-corrected chi connectivity index (χ0v) is 17.0. The normalized spacial score (nSPS) is 16.5. The van der Waals surface area contributed by atoms with Gasteiger partial charge in [0.05, 0.1) is 12.7 Å². The minimum Gasteiger partial charge on any atom is -0.497 e. The molecule has 27 heavy (non-hydrogen) atoms. The van der Waals surface area contributed by atoms with Crippen molar-refractivity contribution in [2.24, 2.45) is 17.1 Å². The van der Waals surface area contributed by atoms with Crippen LogP contribution >= 0.6 is 11.3 Å². The summed E-state index contributed by atoms with van der Waals surface area (Å²) >= 11 is 1.48. The largest absolute Gasteiger partial charge is 0.497 e. The number of nitrogens with one attached hydrogen (secondary N) is 1. The van der Waals surface area contributed by atoms with Crippen molar-refractivity contribution in [1.29, 1.82) is 0 Å². The topological polar surface area (TPSA) is 81.4 Å². The summed E-state index contributed by atoms with van der Waals surface area (Å²) in [5.41, 5.74) is 7.82. The van der Waals surface area contributed by atoms with Crippen molar-refractivity contribution in [3.05, 3.63) is 45.8 Å². The van der Waals surface area contributed by atoms with Gasteiger partial charge in [0, 0.05) is 10.4 Å². The third-order valence-corrected chi connectivity index (χ3v) is 6.47. The van der Waals surface area contributed by atoms with Crippen LogP contribution in [0.1, 0.15) is 58.3 Å². The maximum Gasteiger partial charge on any atom is 0.256 e. The quantitative estimate of drug-likeness (QED) is 0.824. The van der Waals surface area contributed by atoms with Gasteiger partial charge in [-0.3, -0.25) is 9.59 Å². The number of methoxy groups -OCH3 is 1. The summed E-state index contributed by atoms with van der Waals surface area (Å²) in [4.78, 5) is 26.0. The number of ether oxygens (including phenoxy) is 1. The lowest BCUT2D eigenvalue weighted by molar-refractivity contribution is 0.1000. The molecule has 0 radical (unpaired) electrons. The van der Waals surface area contributed by atoms with Crippen LogP contribution in [0.25, 0.3) is 0 Å². The molecule has 144 valence electrons. The van der Waals surface area contributed by atoms with Crippen LogP contribution in [0, 0.1) is 11.3 Å². The fraction of sp³-hybridized carbons (Fsp3) is 0.429. The van der Waals surface area contributed by atoms with Crippen LogP contribution in [0.2, 0.25) is 0 Å². The predicted molar refractivity (Wildman–Crippen MR) is 109 cm³/mol. The first-order valence-corrected chi connectivity index (χ1v) is 9.92. The van der Waals surface area contributed by atoms with E-state index >= 15 is 0 Å². The minimum absolute atomic E-state index is 0.207. The lowest BCUT2D eigenvalue weighted by Gasteiger charge is -2.33. The Morgan fingerprint density at radius 1 is 1.30 bits per heavy atom. The molecule has 3 N–H and O–H groups in total. The number of fused-ring (bicyclic) bond motifs is 1. The highest BCUT2D eigenvalue weighted by Gasteiger charge is 2.33. The molecule has 0 spiro atoms. The van der Waals surface area contributed by atoms with Crippen molar-refractivity contribution in [3.8, 4) is 5.75 Å². The molecule has 0 fully saturated rings. The van der Waals surface area contributed by atoms with E-state index in [1.165, 1.54) is 11.3 Å². The van der Waals surface area contributed by atoms with E-state index in [0.29, 0.717) is 27.8 Å². The van der Waals surface area contributed by atoms with Gasteiger partial charge in [0.15, 0.2) is 0 Å². The summed E-state index contributed by atoms with van der Waals surface area (Å²) in [6.07, 6.45) is 2.76. The lowest BCUT2D eigenvalue weighted by Crippen LogP contribution is -2.27. The second-order valence-electron chi connectivity index (χ2n) is 8.06. The van der Waals surface area contributed by atoms with Gasteiger partial charge in [0.25, 0.3) is 11.8 Å². The summed E-state index contributed by atoms with van der Waals surface area (Å²) in [5.74, 6) is 0.396. The summed E-state index contributed by atoms with van der Waals surface area (Å²) in [5, 5.41) is 3.44. The molecule has 1 aromatic heterocycles. The number of primary amides is 1. The van der Waals surface area contributed by atoms with E-state index < -0.39 is 5.91 Å². The first kappa shape index (κ1) is 19.4. The number of carbonyl (C=O) groups excluding carboxylic acids is 2. The maximum absolute atomic E-state index is 12.7. The SMILES string of the molecule is COc1cccc(C(=O)Nc2sc3c(c2C(N)=O)CC[C@H](C(C)(C)C)C3)c1. The molecule has 1 aliphatic carbocycles. The van der Waals surface area contributed by atoms with E-state index in [1.807, 2.05) is 0 Å². The molecular formula is C21H26N2O3S. The van der Waals surface area contributed by atoms with Gasteiger partial charge in [-0.2, -0.15) is 0 Å². The Morgan fingerprint density at radius 2 is 2.04 bits per heavy atom. The zero-order chi connectivity index (χ0) is 19.8. The van der Waals surface area contributed by atoms with Crippen LogP contribution < -0.4 is 15.8 Å². The zero-order valence-electron chi connectivity index (χ0n) is 16.2. The molecule has 0 saturated carbocycles. The van der Waals surface area contributed by atoms with Crippen molar-refractivity contribution in [2.75, 3.05) is 12.4 Å². The Hall–Kier alpha value is -2.34. The number of carbonyl (C=O) groups is 2. The summed E-state index contributed by atoms with van der Waals surface area (Å²) < 4.78 is 5.18.